The lowest BCUT2D eigenvalue weighted by molar-refractivity contribution is -0.850. The number of carbonyl (C=O) groups is 3. The van der Waals surface area contributed by atoms with Gasteiger partial charge in [-0.15, -0.1) is 11.8 Å². The van der Waals surface area contributed by atoms with Crippen molar-refractivity contribution in [2.45, 2.75) is 24.8 Å². The quantitative estimate of drug-likeness (QED) is 0.0816. The zero-order chi connectivity index (χ0) is 29.1. The molecule has 5 N–H and O–H groups in total. The van der Waals surface area contributed by atoms with Gasteiger partial charge in [-0.25, -0.2) is 4.99 Å². The van der Waals surface area contributed by atoms with E-state index >= 15 is 0 Å². The average molecular weight is 603 g/mol. The summed E-state index contributed by atoms with van der Waals surface area (Å²) in [4.78, 5) is 56.6. The van der Waals surface area contributed by atoms with Crippen molar-refractivity contribution < 1.29 is 29.2 Å². The first kappa shape index (κ1) is 28.7. The minimum absolute atomic E-state index is 0.0313. The van der Waals surface area contributed by atoms with E-state index in [1.54, 1.807) is 6.92 Å². The topological polar surface area (TPSA) is 195 Å². The van der Waals surface area contributed by atoms with Crippen molar-refractivity contribution >= 4 is 57.8 Å². The van der Waals surface area contributed by atoms with Crippen molar-refractivity contribution in [3.8, 4) is 0 Å². The number of nitrogens with zero attached hydrogens (tertiary/aromatic N) is 6. The Morgan fingerprint density at radius 2 is 2.22 bits per heavy atom. The number of β-lactam (4-membered cyclic amide) rings is 1. The molecule has 3 atom stereocenters. The van der Waals surface area contributed by atoms with E-state index in [2.05, 4.69) is 25.1 Å². The fourth-order valence-electron chi connectivity index (χ4n) is 4.92. The summed E-state index contributed by atoms with van der Waals surface area (Å²) < 4.78 is 4.00. The molecule has 1 aromatic heterocycles. The third kappa shape index (κ3) is 5.70. The molecule has 4 aliphatic rings. The normalized spacial score (nSPS) is 23.5. The van der Waals surface area contributed by atoms with Crippen LogP contribution in [-0.4, -0.2) is 106 Å². The molecule has 0 bridgehead atoms. The van der Waals surface area contributed by atoms with Crippen molar-refractivity contribution in [2.24, 2.45) is 10.1 Å². The highest BCUT2D eigenvalue weighted by Crippen LogP contribution is 2.40. The summed E-state index contributed by atoms with van der Waals surface area (Å²) in [6.07, 6.45) is 6.80. The summed E-state index contributed by atoms with van der Waals surface area (Å²) in [7, 11) is 1.92. The molecule has 5 heterocycles. The molecule has 218 valence electrons. The van der Waals surface area contributed by atoms with Gasteiger partial charge >= 0.3 is 0 Å². The lowest BCUT2D eigenvalue weighted by Gasteiger charge is -2.51. The zero-order valence-electron chi connectivity index (χ0n) is 22.5. The maximum Gasteiger partial charge on any atom is 0.278 e. The molecule has 1 unspecified atom stereocenters. The molecule has 5 rings (SSSR count). The fraction of sp³-hybridized carbons (Fsp3) is 0.458. The Bertz CT molecular complexity index is 1390. The second-order valence-electron chi connectivity index (χ2n) is 9.41. The molecule has 4 aliphatic heterocycles. The van der Waals surface area contributed by atoms with Crippen molar-refractivity contribution in [2.75, 3.05) is 51.4 Å². The van der Waals surface area contributed by atoms with Gasteiger partial charge in [-0.3, -0.25) is 19.4 Å². The summed E-state index contributed by atoms with van der Waals surface area (Å²) in [5.41, 5.74) is 6.82. The Hall–Kier alpha value is -3.80. The number of fused-ring (bicyclic) bond motifs is 2. The first-order valence-electron chi connectivity index (χ1n) is 13.0. The molecule has 1 fully saturated rings. The van der Waals surface area contributed by atoms with E-state index in [0.29, 0.717) is 18.0 Å². The molecule has 41 heavy (non-hydrogen) atoms. The number of nitrogen functional groups attached to an aromatic ring is 1. The fourth-order valence-corrected chi connectivity index (χ4v) is 6.69. The van der Waals surface area contributed by atoms with E-state index in [1.807, 2.05) is 30.3 Å². The lowest BCUT2D eigenvalue weighted by atomic mass is 10.0. The van der Waals surface area contributed by atoms with Gasteiger partial charge in [0.25, 0.3) is 11.8 Å². The standard InChI is InChI=1S/C24H30N10O5S2/c1-3-39-30-15(18-29-24(25)41-31-18)20(35)28-16-21(36)34-17(23(37)38)13(11-40-22(16)34)10-32-8-4-6-14-19(32)27-12-33(14)9-5-7-26-2/h4,6,8,16,22,26H,3,5,7,9-12H2,1-2H3,(H,28,35)(H,37,38)(H2,25,29,31)/b30-15-/t16-,22-/m1/s1. The SMILES string of the molecule is CCO/N=C(\C(=O)N[C@@H]1C(=O)N2C(C(=O)[O-])=C(CN3C=CC=C4C3=NC[NH+]4CCCNC)CS[C@H]12)c1nsc(N)n1. The van der Waals surface area contributed by atoms with E-state index < -0.39 is 29.2 Å². The average Bonchev–Trinajstić information content (AvgIpc) is 3.58. The number of carboxylic acid groups (broad SMARTS) is 1. The number of aliphatic carboxylic acids is 1. The van der Waals surface area contributed by atoms with Crippen molar-refractivity contribution in [3.05, 3.63) is 41.1 Å². The highest BCUT2D eigenvalue weighted by atomic mass is 32.2. The van der Waals surface area contributed by atoms with Crippen LogP contribution in [0.15, 0.2) is 45.5 Å². The number of carboxylic acids is 1. The molecule has 1 saturated heterocycles. The number of amides is 2. The van der Waals surface area contributed by atoms with Gasteiger partial charge in [0.2, 0.25) is 11.5 Å². The summed E-state index contributed by atoms with van der Waals surface area (Å²) in [5, 5.41) is 21.4. The van der Waals surface area contributed by atoms with Gasteiger partial charge in [-0.1, -0.05) is 5.16 Å². The number of hydrogen-bond donors (Lipinski definition) is 4. The van der Waals surface area contributed by atoms with Crippen LogP contribution in [0.2, 0.25) is 0 Å². The van der Waals surface area contributed by atoms with E-state index in [0.717, 1.165) is 42.6 Å². The molecule has 0 saturated carbocycles. The Labute approximate surface area is 244 Å². The number of amidine groups is 1. The number of aromatic nitrogens is 2. The van der Waals surface area contributed by atoms with Crippen LogP contribution in [0.5, 0.6) is 0 Å². The van der Waals surface area contributed by atoms with Gasteiger partial charge in [0.05, 0.1) is 18.2 Å². The number of nitrogens with one attached hydrogen (secondary N) is 3. The monoisotopic (exact) mass is 602 g/mol. The number of thioether (sulfide) groups is 1. The Morgan fingerprint density at radius 3 is 2.93 bits per heavy atom. The smallest absolute Gasteiger partial charge is 0.278 e. The van der Waals surface area contributed by atoms with Gasteiger partial charge < -0.3 is 36.0 Å². The summed E-state index contributed by atoms with van der Waals surface area (Å²) in [6.45, 7) is 4.56. The zero-order valence-corrected chi connectivity index (χ0v) is 24.1. The van der Waals surface area contributed by atoms with Crippen LogP contribution in [-0.2, 0) is 19.2 Å². The second-order valence-corrected chi connectivity index (χ2v) is 11.3. The number of aliphatic imine (C=N–C) groups is 1. The van der Waals surface area contributed by atoms with Crippen molar-refractivity contribution in [1.29, 1.82) is 0 Å². The molecule has 0 aliphatic carbocycles. The van der Waals surface area contributed by atoms with Gasteiger partial charge in [0.1, 0.15) is 18.0 Å². The van der Waals surface area contributed by atoms with Crippen LogP contribution >= 0.6 is 23.3 Å². The molecular weight excluding hydrogens is 572 g/mol. The van der Waals surface area contributed by atoms with Crippen LogP contribution in [0, 0.1) is 0 Å². The van der Waals surface area contributed by atoms with Gasteiger partial charge in [-0.05, 0) is 25.6 Å². The predicted octanol–water partition coefficient (Wildman–Crippen LogP) is -3.16. The van der Waals surface area contributed by atoms with E-state index in [4.69, 9.17) is 15.6 Å². The minimum atomic E-state index is -1.45. The molecule has 2 amide bonds. The van der Waals surface area contributed by atoms with E-state index in [9.17, 15) is 19.5 Å². The third-order valence-electron chi connectivity index (χ3n) is 6.79. The number of anilines is 1. The molecular formula is C24H30N10O5S2. The minimum Gasteiger partial charge on any atom is -0.543 e. The molecule has 0 aromatic carbocycles. The van der Waals surface area contributed by atoms with E-state index in [-0.39, 0.29) is 35.5 Å². The van der Waals surface area contributed by atoms with Crippen LogP contribution in [0.1, 0.15) is 19.2 Å². The maximum atomic E-state index is 13.2. The highest BCUT2D eigenvalue weighted by molar-refractivity contribution is 8.00. The Kier molecular flexibility index (Phi) is 8.67. The van der Waals surface area contributed by atoms with Crippen LogP contribution < -0.4 is 26.4 Å². The largest absolute Gasteiger partial charge is 0.543 e. The first-order chi connectivity index (χ1) is 19.8. The number of quaternary nitrogens is 1. The van der Waals surface area contributed by atoms with Crippen LogP contribution in [0.4, 0.5) is 5.13 Å². The molecule has 1 aromatic rings. The second kappa shape index (κ2) is 12.4. The van der Waals surface area contributed by atoms with E-state index in [1.165, 1.54) is 21.6 Å². The number of oxime groups is 1. The molecule has 17 heteroatoms. The summed E-state index contributed by atoms with van der Waals surface area (Å²) >= 11 is 2.24. The van der Waals surface area contributed by atoms with Gasteiger partial charge in [0.15, 0.2) is 23.3 Å². The highest BCUT2D eigenvalue weighted by Gasteiger charge is 2.53. The van der Waals surface area contributed by atoms with Crippen LogP contribution in [0.3, 0.4) is 0 Å². The third-order valence-corrected chi connectivity index (χ3v) is 8.67. The summed E-state index contributed by atoms with van der Waals surface area (Å²) in [6, 6.07) is -0.982. The Balaban J connectivity index is 1.29. The number of carbonyl (C=O) groups excluding carboxylic acids is 3. The maximum absolute atomic E-state index is 13.2. The predicted molar refractivity (Wildman–Crippen MR) is 150 cm³/mol. The van der Waals surface area contributed by atoms with Gasteiger partial charge in [-0.2, -0.15) is 9.36 Å². The molecule has 15 nitrogen and oxygen atoms in total. The van der Waals surface area contributed by atoms with Crippen LogP contribution in [0.25, 0.3) is 0 Å². The van der Waals surface area contributed by atoms with Gasteiger partial charge in [0, 0.05) is 49.1 Å². The number of rotatable bonds is 12. The summed E-state index contributed by atoms with van der Waals surface area (Å²) in [5.74, 6) is -1.67. The first-order valence-corrected chi connectivity index (χ1v) is 14.8. The van der Waals surface area contributed by atoms with Crippen molar-refractivity contribution in [1.82, 2.24) is 29.8 Å². The number of allylic oxidation sites excluding steroid dienone is 2. The number of nitrogens with two attached hydrogens (primary N) is 1. The molecule has 0 radical (unpaired) electrons. The molecule has 0 spiro atoms. The lowest BCUT2D eigenvalue weighted by Crippen LogP contribution is -3.09. The Morgan fingerprint density at radius 1 is 1.39 bits per heavy atom. The van der Waals surface area contributed by atoms with Crippen molar-refractivity contribution in [3.63, 3.8) is 0 Å². The number of hydrogen-bond acceptors (Lipinski definition) is 14.